The summed E-state index contributed by atoms with van der Waals surface area (Å²) in [5.41, 5.74) is -2.82. The van der Waals surface area contributed by atoms with Crippen LogP contribution in [0.25, 0.3) is 5.57 Å². The van der Waals surface area contributed by atoms with E-state index in [4.69, 9.17) is 0 Å². The monoisotopic (exact) mass is 268 g/mol. The molecule has 0 aromatic heterocycles. The molecule has 0 saturated carbocycles. The lowest BCUT2D eigenvalue weighted by Gasteiger charge is -2.17. The summed E-state index contributed by atoms with van der Waals surface area (Å²) in [5.74, 6) is 0. The predicted octanol–water partition coefficient (Wildman–Crippen LogP) is 5.07. The highest BCUT2D eigenvalue weighted by atomic mass is 19.4. The van der Waals surface area contributed by atoms with Crippen molar-refractivity contribution in [2.75, 3.05) is 0 Å². The minimum absolute atomic E-state index is 0.127. The lowest BCUT2D eigenvalue weighted by molar-refractivity contribution is -0.143. The fourth-order valence-electron chi connectivity index (χ4n) is 1.62. The van der Waals surface area contributed by atoms with Gasteiger partial charge in [-0.05, 0) is 37.1 Å². The van der Waals surface area contributed by atoms with Crippen LogP contribution in [0.4, 0.5) is 26.3 Å². The zero-order valence-corrected chi connectivity index (χ0v) is 9.63. The maximum Gasteiger partial charge on any atom is 0.416 e. The minimum Gasteiger partial charge on any atom is -0.166 e. The Hall–Kier alpha value is -1.46. The molecule has 6 heteroatoms. The van der Waals surface area contributed by atoms with Gasteiger partial charge in [-0.25, -0.2) is 0 Å². The van der Waals surface area contributed by atoms with Crippen LogP contribution in [0.2, 0.25) is 0 Å². The number of hydrogen-bond acceptors (Lipinski definition) is 0. The summed E-state index contributed by atoms with van der Waals surface area (Å²) in [4.78, 5) is 0. The Balaban J connectivity index is 3.63. The third kappa shape index (κ3) is 2.86. The average Bonchev–Trinajstić information content (AvgIpc) is 2.13. The molecule has 0 aliphatic heterocycles. The minimum atomic E-state index is -4.82. The van der Waals surface area contributed by atoms with E-state index in [0.29, 0.717) is 6.07 Å². The molecule has 0 saturated heterocycles. The van der Waals surface area contributed by atoms with Gasteiger partial charge >= 0.3 is 12.4 Å². The zero-order chi connectivity index (χ0) is 14.3. The summed E-state index contributed by atoms with van der Waals surface area (Å²) < 4.78 is 75.6. The Kier molecular flexibility index (Phi) is 3.51. The van der Waals surface area contributed by atoms with Gasteiger partial charge in [0.25, 0.3) is 0 Å². The molecule has 0 heterocycles. The van der Waals surface area contributed by atoms with E-state index < -0.39 is 23.5 Å². The normalized spacial score (nSPS) is 12.7. The number of hydrogen-bond donors (Lipinski definition) is 0. The molecular weight excluding hydrogens is 258 g/mol. The Bertz CT molecular complexity index is 479. The van der Waals surface area contributed by atoms with Gasteiger partial charge in [0.2, 0.25) is 0 Å². The number of halogens is 6. The maximum absolute atomic E-state index is 12.7. The SMILES string of the molecule is C=C(C)c1cc(C(F)(F)F)cc(C(F)(F)F)c1C. The Morgan fingerprint density at radius 2 is 1.50 bits per heavy atom. The molecule has 1 aromatic carbocycles. The van der Waals surface area contributed by atoms with Gasteiger partial charge in [0.15, 0.2) is 0 Å². The first kappa shape index (κ1) is 14.6. The Morgan fingerprint density at radius 1 is 1.00 bits per heavy atom. The largest absolute Gasteiger partial charge is 0.416 e. The van der Waals surface area contributed by atoms with Crippen molar-refractivity contribution in [1.29, 1.82) is 0 Å². The molecule has 0 amide bonds. The highest BCUT2D eigenvalue weighted by Gasteiger charge is 2.38. The van der Waals surface area contributed by atoms with E-state index in [1.807, 2.05) is 0 Å². The molecule has 0 fully saturated rings. The maximum atomic E-state index is 12.7. The van der Waals surface area contributed by atoms with E-state index in [9.17, 15) is 26.3 Å². The van der Waals surface area contributed by atoms with Crippen LogP contribution >= 0.6 is 0 Å². The molecule has 1 aromatic rings. The topological polar surface area (TPSA) is 0 Å². The van der Waals surface area contributed by atoms with Crippen LogP contribution < -0.4 is 0 Å². The van der Waals surface area contributed by atoms with Gasteiger partial charge in [0.1, 0.15) is 0 Å². The first-order valence-corrected chi connectivity index (χ1v) is 4.89. The fraction of sp³-hybridized carbons (Fsp3) is 0.333. The molecule has 0 nitrogen and oxygen atoms in total. The Labute approximate surface area is 99.9 Å². The molecule has 0 aliphatic rings. The molecule has 0 unspecified atom stereocenters. The second-order valence-corrected chi connectivity index (χ2v) is 3.97. The van der Waals surface area contributed by atoms with E-state index in [-0.39, 0.29) is 22.8 Å². The number of alkyl halides is 6. The van der Waals surface area contributed by atoms with Gasteiger partial charge in [-0.3, -0.25) is 0 Å². The van der Waals surface area contributed by atoms with Gasteiger partial charge in [0, 0.05) is 0 Å². The van der Waals surface area contributed by atoms with Gasteiger partial charge < -0.3 is 0 Å². The van der Waals surface area contributed by atoms with Crippen LogP contribution in [-0.4, -0.2) is 0 Å². The zero-order valence-electron chi connectivity index (χ0n) is 9.63. The van der Waals surface area contributed by atoms with E-state index in [1.165, 1.54) is 6.92 Å². The highest BCUT2D eigenvalue weighted by molar-refractivity contribution is 5.67. The fourth-order valence-corrected chi connectivity index (χ4v) is 1.62. The molecule has 18 heavy (non-hydrogen) atoms. The number of allylic oxidation sites excluding steroid dienone is 1. The van der Waals surface area contributed by atoms with Crippen molar-refractivity contribution in [1.82, 2.24) is 0 Å². The van der Waals surface area contributed by atoms with Crippen LogP contribution in [0.15, 0.2) is 18.7 Å². The smallest absolute Gasteiger partial charge is 0.166 e. The summed E-state index contributed by atoms with van der Waals surface area (Å²) in [6.07, 6.45) is -9.65. The third-order valence-corrected chi connectivity index (χ3v) is 2.50. The van der Waals surface area contributed by atoms with Gasteiger partial charge in [-0.1, -0.05) is 12.2 Å². The van der Waals surface area contributed by atoms with E-state index in [0.717, 1.165) is 6.92 Å². The second kappa shape index (κ2) is 4.33. The summed E-state index contributed by atoms with van der Waals surface area (Å²) in [7, 11) is 0. The molecule has 0 radical (unpaired) electrons. The van der Waals surface area contributed by atoms with E-state index >= 15 is 0 Å². The van der Waals surface area contributed by atoms with Crippen LogP contribution in [-0.2, 0) is 12.4 Å². The van der Waals surface area contributed by atoms with Crippen LogP contribution in [0, 0.1) is 6.92 Å². The van der Waals surface area contributed by atoms with Crippen LogP contribution in [0.3, 0.4) is 0 Å². The first-order chi connectivity index (χ1) is 7.94. The van der Waals surface area contributed by atoms with Crippen molar-refractivity contribution in [2.24, 2.45) is 0 Å². The lowest BCUT2D eigenvalue weighted by atomic mass is 9.94. The number of benzene rings is 1. The standard InChI is InChI=1S/C12H10F6/c1-6(2)9-4-8(11(13,14)15)5-10(7(9)3)12(16,17)18/h4-5H,1H2,2-3H3. The molecule has 100 valence electrons. The Morgan fingerprint density at radius 3 is 1.83 bits per heavy atom. The molecule has 0 aliphatic carbocycles. The van der Waals surface area contributed by atoms with Crippen molar-refractivity contribution in [2.45, 2.75) is 26.2 Å². The van der Waals surface area contributed by atoms with Gasteiger partial charge in [-0.2, -0.15) is 26.3 Å². The molecular formula is C12H10F6. The van der Waals surface area contributed by atoms with Crippen LogP contribution in [0.1, 0.15) is 29.2 Å². The van der Waals surface area contributed by atoms with Crippen molar-refractivity contribution in [3.63, 3.8) is 0 Å². The van der Waals surface area contributed by atoms with Crippen LogP contribution in [0.5, 0.6) is 0 Å². The van der Waals surface area contributed by atoms with Gasteiger partial charge in [-0.15, -0.1) is 0 Å². The summed E-state index contributed by atoms with van der Waals surface area (Å²) in [6, 6.07) is 0.814. The quantitative estimate of drug-likeness (QED) is 0.624. The second-order valence-electron chi connectivity index (χ2n) is 3.97. The van der Waals surface area contributed by atoms with Crippen molar-refractivity contribution in [3.8, 4) is 0 Å². The molecule has 0 N–H and O–H groups in total. The molecule has 0 bridgehead atoms. The molecule has 1 rings (SSSR count). The van der Waals surface area contributed by atoms with E-state index in [2.05, 4.69) is 6.58 Å². The first-order valence-electron chi connectivity index (χ1n) is 4.89. The average molecular weight is 268 g/mol. The number of rotatable bonds is 1. The van der Waals surface area contributed by atoms with Gasteiger partial charge in [0.05, 0.1) is 11.1 Å². The van der Waals surface area contributed by atoms with Crippen molar-refractivity contribution >= 4 is 5.57 Å². The summed E-state index contributed by atoms with van der Waals surface area (Å²) in [6.45, 7) is 5.89. The lowest BCUT2D eigenvalue weighted by Crippen LogP contribution is -2.14. The predicted molar refractivity (Wildman–Crippen MR) is 55.9 cm³/mol. The van der Waals surface area contributed by atoms with Crippen molar-refractivity contribution in [3.05, 3.63) is 41.0 Å². The molecule has 0 atom stereocenters. The highest BCUT2D eigenvalue weighted by Crippen LogP contribution is 2.39. The van der Waals surface area contributed by atoms with E-state index in [1.54, 1.807) is 0 Å². The summed E-state index contributed by atoms with van der Waals surface area (Å²) in [5, 5.41) is 0. The third-order valence-electron chi connectivity index (χ3n) is 2.50. The van der Waals surface area contributed by atoms with Crippen molar-refractivity contribution < 1.29 is 26.3 Å². The summed E-state index contributed by atoms with van der Waals surface area (Å²) >= 11 is 0. The molecule has 0 spiro atoms.